The lowest BCUT2D eigenvalue weighted by atomic mass is 9.99. The number of esters is 1. The van der Waals surface area contributed by atoms with Crippen LogP contribution in [0.25, 0.3) is 0 Å². The first kappa shape index (κ1) is 26.5. The molecule has 1 saturated heterocycles. The highest BCUT2D eigenvalue weighted by Crippen LogP contribution is 2.46. The average Bonchev–Trinajstić information content (AvgIpc) is 2.78. The number of hydrogen-bond donors (Lipinski definition) is 2. The number of para-hydroxylation sites is 1. The van der Waals surface area contributed by atoms with Crippen molar-refractivity contribution in [2.24, 2.45) is 0 Å². The second-order valence-corrected chi connectivity index (χ2v) is 11.4. The summed E-state index contributed by atoms with van der Waals surface area (Å²) in [6.45, 7) is 0.777. The molecule has 9 nitrogen and oxygen atoms in total. The molecular weight excluding hydrogens is 531 g/mol. The van der Waals surface area contributed by atoms with Crippen LogP contribution in [0.4, 0.5) is 0 Å². The number of amides is 2. The molecule has 2 aliphatic heterocycles. The van der Waals surface area contributed by atoms with Crippen molar-refractivity contribution in [1.82, 2.24) is 10.2 Å². The van der Waals surface area contributed by atoms with E-state index in [-0.39, 0.29) is 25.1 Å². The molecule has 0 aromatic heterocycles. The number of fused-ring (bicyclic) bond motifs is 1. The van der Waals surface area contributed by atoms with E-state index in [1.54, 1.807) is 37.3 Å². The Labute approximate surface area is 214 Å². The maximum absolute atomic E-state index is 12.9. The zero-order chi connectivity index (χ0) is 25.0. The number of nitrogens with zero attached hydrogens (tertiary/aromatic N) is 1. The van der Waals surface area contributed by atoms with Crippen LogP contribution < -0.4 is 10.1 Å². The van der Waals surface area contributed by atoms with Crippen molar-refractivity contribution in [2.45, 2.75) is 40.2 Å². The minimum atomic E-state index is -1.84. The molecule has 184 valence electrons. The van der Waals surface area contributed by atoms with Crippen LogP contribution in [-0.2, 0) is 23.9 Å². The molecule has 2 N–H and O–H groups in total. The molecule has 2 amide bonds. The quantitative estimate of drug-likeness (QED) is 0.273. The number of benzene rings is 1. The number of carboxylic acids is 1. The van der Waals surface area contributed by atoms with Gasteiger partial charge in [-0.1, -0.05) is 53.0 Å². The predicted octanol–water partition coefficient (Wildman–Crippen LogP) is 2.89. The predicted molar refractivity (Wildman–Crippen MR) is 127 cm³/mol. The standard InChI is InChI=1S/C21H21Cl3N2O7S/c1-11-13(7-8-15(28)29)34-19-16(25-14(27)9-32-12-5-3-2-4-6-12)18(30)26(19)17(11)20(31)33-10-21(22,23)24/h2-6,13,16,19H,7-10H2,1H3,(H,25,27)(H,28,29)/t13-,16-,19-/m1/s1. The number of aliphatic carboxylic acids is 1. The van der Waals surface area contributed by atoms with Gasteiger partial charge in [-0.25, -0.2) is 4.79 Å². The maximum atomic E-state index is 12.9. The van der Waals surface area contributed by atoms with Gasteiger partial charge in [-0.3, -0.25) is 19.3 Å². The number of carbonyl (C=O) groups is 4. The number of β-lactam (4-membered cyclic amide) rings is 1. The van der Waals surface area contributed by atoms with Gasteiger partial charge in [-0.2, -0.15) is 0 Å². The van der Waals surface area contributed by atoms with Crippen molar-refractivity contribution in [3.05, 3.63) is 41.6 Å². The normalized spacial score (nSPS) is 21.9. The van der Waals surface area contributed by atoms with E-state index < -0.39 is 50.8 Å². The van der Waals surface area contributed by atoms with E-state index in [0.29, 0.717) is 11.3 Å². The van der Waals surface area contributed by atoms with Gasteiger partial charge in [0.2, 0.25) is 3.79 Å². The molecule has 2 aliphatic rings. The number of nitrogens with one attached hydrogen (secondary N) is 1. The van der Waals surface area contributed by atoms with Gasteiger partial charge in [-0.15, -0.1) is 11.8 Å². The fourth-order valence-electron chi connectivity index (χ4n) is 3.48. The smallest absolute Gasteiger partial charge is 0.355 e. The van der Waals surface area contributed by atoms with Crippen LogP contribution in [0.3, 0.4) is 0 Å². The summed E-state index contributed by atoms with van der Waals surface area (Å²) in [6, 6.07) is 7.78. The van der Waals surface area contributed by atoms with Crippen molar-refractivity contribution >= 4 is 70.3 Å². The largest absolute Gasteiger partial charge is 0.484 e. The van der Waals surface area contributed by atoms with Gasteiger partial charge in [0.1, 0.15) is 29.5 Å². The molecule has 0 bridgehead atoms. The summed E-state index contributed by atoms with van der Waals surface area (Å²) in [5, 5.41) is 10.7. The Morgan fingerprint density at radius 2 is 1.88 bits per heavy atom. The second-order valence-electron chi connectivity index (χ2n) is 7.53. The monoisotopic (exact) mass is 550 g/mol. The number of carbonyl (C=O) groups excluding carboxylic acids is 3. The van der Waals surface area contributed by atoms with E-state index in [1.807, 2.05) is 0 Å². The molecule has 1 fully saturated rings. The molecule has 1 aromatic rings. The SMILES string of the molecule is CC1=C(C(=O)OCC(Cl)(Cl)Cl)N2C(=O)[C@@H](NC(=O)COc3ccccc3)[C@H]2S[C@@H]1CCC(=O)O. The number of rotatable bonds is 9. The third kappa shape index (κ3) is 6.50. The summed E-state index contributed by atoms with van der Waals surface area (Å²) >= 11 is 18.3. The van der Waals surface area contributed by atoms with Crippen molar-refractivity contribution in [3.63, 3.8) is 0 Å². The van der Waals surface area contributed by atoms with Crippen LogP contribution in [0.1, 0.15) is 19.8 Å². The number of ether oxygens (including phenoxy) is 2. The minimum absolute atomic E-state index is 0.0376. The molecule has 0 aliphatic carbocycles. The Morgan fingerprint density at radius 1 is 1.21 bits per heavy atom. The lowest BCUT2D eigenvalue weighted by Crippen LogP contribution is -2.71. The molecule has 0 spiro atoms. The van der Waals surface area contributed by atoms with Crippen LogP contribution in [0.5, 0.6) is 5.75 Å². The van der Waals surface area contributed by atoms with Crippen LogP contribution in [-0.4, -0.2) is 67.4 Å². The molecule has 1 aromatic carbocycles. The molecule has 0 saturated carbocycles. The number of halogens is 3. The zero-order valence-corrected chi connectivity index (χ0v) is 20.9. The third-order valence-electron chi connectivity index (χ3n) is 5.05. The van der Waals surface area contributed by atoms with Gasteiger partial charge in [0, 0.05) is 11.7 Å². The molecule has 0 unspecified atom stereocenters. The molecule has 0 radical (unpaired) electrons. The van der Waals surface area contributed by atoms with Crippen molar-refractivity contribution in [1.29, 1.82) is 0 Å². The summed E-state index contributed by atoms with van der Waals surface area (Å²) in [5.74, 6) is -2.40. The van der Waals surface area contributed by atoms with Crippen molar-refractivity contribution in [2.75, 3.05) is 13.2 Å². The highest BCUT2D eigenvalue weighted by molar-refractivity contribution is 8.00. The summed E-state index contributed by atoms with van der Waals surface area (Å²) in [7, 11) is 0. The summed E-state index contributed by atoms with van der Waals surface area (Å²) < 4.78 is 8.64. The number of carboxylic acid groups (broad SMARTS) is 1. The molecule has 13 heteroatoms. The topological polar surface area (TPSA) is 122 Å². The van der Waals surface area contributed by atoms with Crippen LogP contribution in [0, 0.1) is 0 Å². The van der Waals surface area contributed by atoms with Crippen LogP contribution in [0.2, 0.25) is 0 Å². The second kappa shape index (κ2) is 11.1. The van der Waals surface area contributed by atoms with Gasteiger partial charge in [0.05, 0.1) is 0 Å². The van der Waals surface area contributed by atoms with Crippen LogP contribution in [0.15, 0.2) is 41.6 Å². The number of thioether (sulfide) groups is 1. The average molecular weight is 552 g/mol. The highest BCUT2D eigenvalue weighted by atomic mass is 35.6. The molecule has 2 heterocycles. The number of hydrogen-bond acceptors (Lipinski definition) is 7. The van der Waals surface area contributed by atoms with E-state index in [2.05, 4.69) is 5.32 Å². The summed E-state index contributed by atoms with van der Waals surface area (Å²) in [4.78, 5) is 50.4. The first-order chi connectivity index (χ1) is 16.0. The Morgan fingerprint density at radius 3 is 2.50 bits per heavy atom. The Kier molecular flexibility index (Phi) is 8.62. The van der Waals surface area contributed by atoms with Crippen molar-refractivity contribution < 1.29 is 33.8 Å². The lowest BCUT2D eigenvalue weighted by Gasteiger charge is -2.51. The molecule has 3 rings (SSSR count). The minimum Gasteiger partial charge on any atom is -0.484 e. The Balaban J connectivity index is 1.73. The van der Waals surface area contributed by atoms with E-state index >= 15 is 0 Å². The van der Waals surface area contributed by atoms with Gasteiger partial charge in [0.15, 0.2) is 6.61 Å². The van der Waals surface area contributed by atoms with Gasteiger partial charge < -0.3 is 19.9 Å². The van der Waals surface area contributed by atoms with Crippen molar-refractivity contribution in [3.8, 4) is 5.75 Å². The number of alkyl halides is 3. The van der Waals surface area contributed by atoms with Crippen LogP contribution >= 0.6 is 46.6 Å². The third-order valence-corrected chi connectivity index (χ3v) is 7.06. The maximum Gasteiger partial charge on any atom is 0.355 e. The Bertz CT molecular complexity index is 1000. The van der Waals surface area contributed by atoms with Gasteiger partial charge in [0.25, 0.3) is 11.8 Å². The first-order valence-corrected chi connectivity index (χ1v) is 12.2. The fraction of sp³-hybridized carbons (Fsp3) is 0.429. The van der Waals surface area contributed by atoms with E-state index in [9.17, 15) is 19.2 Å². The lowest BCUT2D eigenvalue weighted by molar-refractivity contribution is -0.153. The van der Waals surface area contributed by atoms with E-state index in [0.717, 1.165) is 0 Å². The van der Waals surface area contributed by atoms with E-state index in [1.165, 1.54) is 16.7 Å². The Hall–Kier alpha value is -2.14. The zero-order valence-electron chi connectivity index (χ0n) is 17.8. The van der Waals surface area contributed by atoms with E-state index in [4.69, 9.17) is 49.4 Å². The molecular formula is C21H21Cl3N2O7S. The van der Waals surface area contributed by atoms with Gasteiger partial charge in [-0.05, 0) is 31.1 Å². The highest BCUT2D eigenvalue weighted by Gasteiger charge is 2.56. The first-order valence-electron chi connectivity index (χ1n) is 10.1. The van der Waals surface area contributed by atoms with Gasteiger partial charge >= 0.3 is 11.9 Å². The summed E-state index contributed by atoms with van der Waals surface area (Å²) in [5.41, 5.74) is 0.437. The molecule has 3 atom stereocenters. The fourth-order valence-corrected chi connectivity index (χ4v) is 5.22. The molecule has 34 heavy (non-hydrogen) atoms. The summed E-state index contributed by atoms with van der Waals surface area (Å²) in [6.07, 6.45) is 0.0669.